The van der Waals surface area contributed by atoms with E-state index in [1.165, 1.54) is 5.56 Å². The Labute approximate surface area is 159 Å². The molecule has 0 spiro atoms. The van der Waals surface area contributed by atoms with Crippen LogP contribution in [0.15, 0.2) is 67.1 Å². The fourth-order valence-corrected chi connectivity index (χ4v) is 2.91. The Morgan fingerprint density at radius 3 is 2.41 bits per heavy atom. The lowest BCUT2D eigenvalue weighted by Gasteiger charge is -2.15. The predicted molar refractivity (Wildman–Crippen MR) is 104 cm³/mol. The summed E-state index contributed by atoms with van der Waals surface area (Å²) in [7, 11) is 0. The van der Waals surface area contributed by atoms with Crippen LogP contribution in [0.4, 0.5) is 0 Å². The van der Waals surface area contributed by atoms with Gasteiger partial charge in [-0.2, -0.15) is 0 Å². The van der Waals surface area contributed by atoms with Gasteiger partial charge < -0.3 is 14.4 Å². The summed E-state index contributed by atoms with van der Waals surface area (Å²) in [6, 6.07) is 14.8. The predicted octanol–water partition coefficient (Wildman–Crippen LogP) is 3.94. The van der Waals surface area contributed by atoms with Gasteiger partial charge in [0.2, 0.25) is 0 Å². The highest BCUT2D eigenvalue weighted by molar-refractivity contribution is 5.72. The molecular formula is C22H24N2O3. The van der Waals surface area contributed by atoms with E-state index >= 15 is 0 Å². The van der Waals surface area contributed by atoms with E-state index in [1.807, 2.05) is 48.7 Å². The molecule has 1 N–H and O–H groups in total. The molecule has 3 aromatic rings. The largest absolute Gasteiger partial charge is 0.493 e. The van der Waals surface area contributed by atoms with E-state index in [4.69, 9.17) is 4.74 Å². The zero-order valence-electron chi connectivity index (χ0n) is 15.4. The maximum atomic E-state index is 11.5. The minimum absolute atomic E-state index is 0.429. The molecule has 0 amide bonds. The molecule has 0 saturated carbocycles. The van der Waals surface area contributed by atoms with Crippen molar-refractivity contribution < 1.29 is 14.6 Å². The van der Waals surface area contributed by atoms with Crippen molar-refractivity contribution >= 4 is 5.97 Å². The van der Waals surface area contributed by atoms with Gasteiger partial charge in [-0.05, 0) is 47.9 Å². The van der Waals surface area contributed by atoms with Gasteiger partial charge >= 0.3 is 5.97 Å². The fraction of sp³-hybridized carbons (Fsp3) is 0.273. The first-order valence-corrected chi connectivity index (χ1v) is 9.16. The zero-order valence-corrected chi connectivity index (χ0v) is 15.4. The molecule has 5 nitrogen and oxygen atoms in total. The molecule has 0 bridgehead atoms. The summed E-state index contributed by atoms with van der Waals surface area (Å²) in [6.45, 7) is 2.67. The van der Waals surface area contributed by atoms with Crippen LogP contribution in [0.2, 0.25) is 0 Å². The van der Waals surface area contributed by atoms with Crippen molar-refractivity contribution in [2.75, 3.05) is 6.61 Å². The molecule has 0 aliphatic rings. The Balaban J connectivity index is 1.52. The van der Waals surface area contributed by atoms with Gasteiger partial charge in [0, 0.05) is 37.1 Å². The molecule has 1 atom stereocenters. The summed E-state index contributed by atoms with van der Waals surface area (Å²) in [6.07, 6.45) is 7.63. The van der Waals surface area contributed by atoms with Crippen molar-refractivity contribution in [1.82, 2.24) is 9.55 Å². The van der Waals surface area contributed by atoms with Crippen LogP contribution in [0.3, 0.4) is 0 Å². The lowest BCUT2D eigenvalue weighted by atomic mass is 10.1. The first-order chi connectivity index (χ1) is 13.2. The van der Waals surface area contributed by atoms with Crippen LogP contribution in [0.1, 0.15) is 29.8 Å². The summed E-state index contributed by atoms with van der Waals surface area (Å²) in [5.74, 6) is -0.0649. The van der Waals surface area contributed by atoms with Crippen LogP contribution in [-0.2, 0) is 24.1 Å². The van der Waals surface area contributed by atoms with Gasteiger partial charge in [0.25, 0.3) is 0 Å². The van der Waals surface area contributed by atoms with Gasteiger partial charge in [-0.3, -0.25) is 4.98 Å². The molecule has 0 unspecified atom stereocenters. The minimum atomic E-state index is -0.840. The zero-order chi connectivity index (χ0) is 19.1. The summed E-state index contributed by atoms with van der Waals surface area (Å²) < 4.78 is 7.50. The maximum Gasteiger partial charge on any atom is 0.327 e. The third kappa shape index (κ3) is 5.20. The standard InChI is InChI=1S/C22H24N2O3/c1-2-17-5-8-19(23-16-17)11-14-27-20-9-6-18(7-10-20)15-21(22(25)26)24-12-3-4-13-24/h3-10,12-13,16,21H,2,11,14-15H2,1H3,(H,25,26)/t21-/m1/s1. The topological polar surface area (TPSA) is 64.3 Å². The number of aliphatic carboxylic acids is 1. The molecule has 0 aliphatic carbocycles. The van der Waals surface area contributed by atoms with Crippen LogP contribution >= 0.6 is 0 Å². The Bertz CT molecular complexity index is 840. The lowest BCUT2D eigenvalue weighted by Crippen LogP contribution is -2.20. The molecule has 27 heavy (non-hydrogen) atoms. The number of nitrogens with zero attached hydrogens (tertiary/aromatic N) is 2. The second-order valence-electron chi connectivity index (χ2n) is 6.44. The van der Waals surface area contributed by atoms with Gasteiger partial charge in [-0.25, -0.2) is 4.79 Å². The van der Waals surface area contributed by atoms with E-state index in [0.717, 1.165) is 29.8 Å². The van der Waals surface area contributed by atoms with Crippen LogP contribution in [0.5, 0.6) is 5.75 Å². The van der Waals surface area contributed by atoms with E-state index in [0.29, 0.717) is 13.0 Å². The first-order valence-electron chi connectivity index (χ1n) is 9.16. The van der Waals surface area contributed by atoms with Gasteiger partial charge in [0.1, 0.15) is 11.8 Å². The lowest BCUT2D eigenvalue weighted by molar-refractivity contribution is -0.140. The molecule has 0 saturated heterocycles. The van der Waals surface area contributed by atoms with Crippen molar-refractivity contribution in [1.29, 1.82) is 0 Å². The number of hydrogen-bond donors (Lipinski definition) is 1. The number of carboxylic acids is 1. The average Bonchev–Trinajstić information content (AvgIpc) is 3.22. The first kappa shape index (κ1) is 18.7. The summed E-state index contributed by atoms with van der Waals surface area (Å²) in [5, 5.41) is 9.47. The fourth-order valence-electron chi connectivity index (χ4n) is 2.91. The Morgan fingerprint density at radius 1 is 1.11 bits per heavy atom. The number of aryl methyl sites for hydroxylation is 1. The Morgan fingerprint density at radius 2 is 1.81 bits per heavy atom. The number of rotatable bonds is 9. The number of pyridine rings is 1. The highest BCUT2D eigenvalue weighted by Gasteiger charge is 2.18. The van der Waals surface area contributed by atoms with Gasteiger partial charge in [-0.1, -0.05) is 25.1 Å². The molecular weight excluding hydrogens is 340 g/mol. The van der Waals surface area contributed by atoms with E-state index < -0.39 is 12.0 Å². The van der Waals surface area contributed by atoms with E-state index in [2.05, 4.69) is 18.0 Å². The second-order valence-corrected chi connectivity index (χ2v) is 6.44. The van der Waals surface area contributed by atoms with Gasteiger partial charge in [0.05, 0.1) is 6.61 Å². The SMILES string of the molecule is CCc1ccc(CCOc2ccc(C[C@H](C(=O)O)n3cccc3)cc2)nc1. The minimum Gasteiger partial charge on any atom is -0.493 e. The molecule has 5 heteroatoms. The quantitative estimate of drug-likeness (QED) is 0.625. The number of aromatic nitrogens is 2. The number of benzene rings is 1. The maximum absolute atomic E-state index is 11.5. The van der Waals surface area contributed by atoms with Gasteiger partial charge in [0.15, 0.2) is 0 Å². The Hall–Kier alpha value is -3.08. The summed E-state index contributed by atoms with van der Waals surface area (Å²) in [5.41, 5.74) is 3.20. The number of carboxylic acid groups (broad SMARTS) is 1. The number of ether oxygens (including phenoxy) is 1. The molecule has 1 aromatic carbocycles. The highest BCUT2D eigenvalue weighted by Crippen LogP contribution is 2.19. The van der Waals surface area contributed by atoms with Crippen molar-refractivity contribution in [3.8, 4) is 5.75 Å². The molecule has 0 fully saturated rings. The van der Waals surface area contributed by atoms with Crippen LogP contribution in [0.25, 0.3) is 0 Å². The normalized spacial score (nSPS) is 11.9. The third-order valence-electron chi connectivity index (χ3n) is 4.55. The van der Waals surface area contributed by atoms with E-state index in [9.17, 15) is 9.90 Å². The van der Waals surface area contributed by atoms with E-state index in [-0.39, 0.29) is 0 Å². The highest BCUT2D eigenvalue weighted by atomic mass is 16.5. The summed E-state index contributed by atoms with van der Waals surface area (Å²) in [4.78, 5) is 16.0. The summed E-state index contributed by atoms with van der Waals surface area (Å²) >= 11 is 0. The second kappa shape index (κ2) is 9.03. The van der Waals surface area contributed by atoms with E-state index in [1.54, 1.807) is 17.0 Å². The number of hydrogen-bond acceptors (Lipinski definition) is 3. The van der Waals surface area contributed by atoms with Crippen LogP contribution < -0.4 is 4.74 Å². The third-order valence-corrected chi connectivity index (χ3v) is 4.55. The number of carbonyl (C=O) groups is 1. The molecule has 140 valence electrons. The van der Waals surface area contributed by atoms with Crippen LogP contribution in [-0.4, -0.2) is 27.2 Å². The van der Waals surface area contributed by atoms with Crippen LogP contribution in [0, 0.1) is 0 Å². The molecule has 3 rings (SSSR count). The Kier molecular flexibility index (Phi) is 6.26. The van der Waals surface area contributed by atoms with Crippen molar-refractivity contribution in [2.45, 2.75) is 32.2 Å². The molecule has 0 aliphatic heterocycles. The monoisotopic (exact) mass is 364 g/mol. The molecule has 2 aromatic heterocycles. The smallest absolute Gasteiger partial charge is 0.327 e. The van der Waals surface area contributed by atoms with Gasteiger partial charge in [-0.15, -0.1) is 0 Å². The molecule has 2 heterocycles. The van der Waals surface area contributed by atoms with Crippen molar-refractivity contribution in [3.05, 3.63) is 83.9 Å². The van der Waals surface area contributed by atoms with Crippen molar-refractivity contribution in [3.63, 3.8) is 0 Å². The average molecular weight is 364 g/mol. The van der Waals surface area contributed by atoms with Crippen molar-refractivity contribution in [2.24, 2.45) is 0 Å². The molecule has 0 radical (unpaired) electrons.